The second-order valence-corrected chi connectivity index (χ2v) is 4.71. The standard InChI is InChI=1S/C13H13FN6O2/c1-8-4-3-5-10(20-13(21)19(2)17-18-20)9(8)7-22-12-6-11(14)15-16-12/h3-6H,7H2,1-2H3,(H,15,16). The lowest BCUT2D eigenvalue weighted by atomic mass is 10.1. The molecular weight excluding hydrogens is 291 g/mol. The average molecular weight is 304 g/mol. The van der Waals surface area contributed by atoms with E-state index in [4.69, 9.17) is 4.74 Å². The summed E-state index contributed by atoms with van der Waals surface area (Å²) in [4.78, 5) is 12.0. The van der Waals surface area contributed by atoms with E-state index in [-0.39, 0.29) is 18.2 Å². The summed E-state index contributed by atoms with van der Waals surface area (Å²) >= 11 is 0. The Bertz CT molecular complexity index is 866. The van der Waals surface area contributed by atoms with E-state index in [2.05, 4.69) is 20.6 Å². The summed E-state index contributed by atoms with van der Waals surface area (Å²) in [6.45, 7) is 2.00. The van der Waals surface area contributed by atoms with E-state index in [1.54, 1.807) is 6.07 Å². The normalized spacial score (nSPS) is 10.9. The SMILES string of the molecule is Cc1cccc(-n2nnn(C)c2=O)c1COc1cc(F)[nH]n1. The van der Waals surface area contributed by atoms with Crippen molar-refractivity contribution in [3.05, 3.63) is 51.8 Å². The first-order chi connectivity index (χ1) is 10.6. The summed E-state index contributed by atoms with van der Waals surface area (Å²) in [5.74, 6) is -0.441. The Hall–Kier alpha value is -2.97. The lowest BCUT2D eigenvalue weighted by molar-refractivity contribution is 0.292. The molecule has 0 aliphatic rings. The van der Waals surface area contributed by atoms with Crippen molar-refractivity contribution in [2.24, 2.45) is 7.05 Å². The summed E-state index contributed by atoms with van der Waals surface area (Å²) < 4.78 is 20.6. The van der Waals surface area contributed by atoms with Gasteiger partial charge in [0.15, 0.2) is 0 Å². The number of aryl methyl sites for hydroxylation is 2. The smallest absolute Gasteiger partial charge is 0.368 e. The van der Waals surface area contributed by atoms with Crippen LogP contribution in [0.15, 0.2) is 29.1 Å². The fourth-order valence-electron chi connectivity index (χ4n) is 2.04. The summed E-state index contributed by atoms with van der Waals surface area (Å²) in [6, 6.07) is 6.58. The fraction of sp³-hybridized carbons (Fsp3) is 0.231. The first kappa shape index (κ1) is 14.0. The van der Waals surface area contributed by atoms with Crippen LogP contribution in [0, 0.1) is 12.9 Å². The highest BCUT2D eigenvalue weighted by molar-refractivity contribution is 5.44. The number of ether oxygens (including phenoxy) is 1. The highest BCUT2D eigenvalue weighted by Gasteiger charge is 2.14. The molecule has 3 rings (SSSR count). The van der Waals surface area contributed by atoms with Crippen LogP contribution in [0.5, 0.6) is 5.88 Å². The van der Waals surface area contributed by atoms with E-state index >= 15 is 0 Å². The van der Waals surface area contributed by atoms with Crippen LogP contribution in [0.3, 0.4) is 0 Å². The number of tetrazole rings is 1. The van der Waals surface area contributed by atoms with Crippen molar-refractivity contribution in [2.45, 2.75) is 13.5 Å². The van der Waals surface area contributed by atoms with Gasteiger partial charge < -0.3 is 4.74 Å². The molecule has 8 nitrogen and oxygen atoms in total. The van der Waals surface area contributed by atoms with Crippen molar-refractivity contribution in [2.75, 3.05) is 0 Å². The molecule has 0 amide bonds. The molecule has 1 N–H and O–H groups in total. The number of rotatable bonds is 4. The Balaban J connectivity index is 1.96. The molecule has 0 bridgehead atoms. The van der Waals surface area contributed by atoms with Gasteiger partial charge in [0.1, 0.15) is 6.61 Å². The molecule has 0 aliphatic heterocycles. The molecular formula is C13H13FN6O2. The van der Waals surface area contributed by atoms with Gasteiger partial charge >= 0.3 is 5.69 Å². The molecule has 1 aromatic carbocycles. The number of aromatic amines is 1. The van der Waals surface area contributed by atoms with Gasteiger partial charge in [0.2, 0.25) is 11.8 Å². The maximum atomic E-state index is 12.9. The largest absolute Gasteiger partial charge is 0.472 e. The predicted octanol–water partition coefficient (Wildman–Crippen LogP) is 0.716. The number of nitrogens with zero attached hydrogens (tertiary/aromatic N) is 5. The zero-order valence-corrected chi connectivity index (χ0v) is 11.9. The van der Waals surface area contributed by atoms with Crippen LogP contribution in [0.2, 0.25) is 0 Å². The van der Waals surface area contributed by atoms with Gasteiger partial charge in [0, 0.05) is 12.6 Å². The van der Waals surface area contributed by atoms with Crippen LogP contribution in [-0.4, -0.2) is 30.0 Å². The van der Waals surface area contributed by atoms with Crippen molar-refractivity contribution in [3.63, 3.8) is 0 Å². The van der Waals surface area contributed by atoms with Gasteiger partial charge in [-0.2, -0.15) is 13.8 Å². The van der Waals surface area contributed by atoms with E-state index in [9.17, 15) is 9.18 Å². The van der Waals surface area contributed by atoms with Crippen molar-refractivity contribution < 1.29 is 9.13 Å². The molecule has 0 radical (unpaired) electrons. The molecule has 114 valence electrons. The first-order valence-corrected chi connectivity index (χ1v) is 6.48. The van der Waals surface area contributed by atoms with Crippen LogP contribution < -0.4 is 10.4 Å². The van der Waals surface area contributed by atoms with Gasteiger partial charge in [0.05, 0.1) is 11.8 Å². The lowest BCUT2D eigenvalue weighted by Gasteiger charge is -2.11. The maximum absolute atomic E-state index is 12.9. The minimum atomic E-state index is -0.579. The monoisotopic (exact) mass is 304 g/mol. The summed E-state index contributed by atoms with van der Waals surface area (Å²) in [6.07, 6.45) is 0. The van der Waals surface area contributed by atoms with Gasteiger partial charge in [-0.3, -0.25) is 0 Å². The number of hydrogen-bond donors (Lipinski definition) is 1. The molecule has 0 unspecified atom stereocenters. The van der Waals surface area contributed by atoms with E-state index < -0.39 is 5.95 Å². The molecule has 0 atom stereocenters. The molecule has 9 heteroatoms. The Morgan fingerprint density at radius 1 is 1.36 bits per heavy atom. The van der Waals surface area contributed by atoms with Crippen LogP contribution in [0.4, 0.5) is 4.39 Å². The third-order valence-electron chi connectivity index (χ3n) is 3.22. The third kappa shape index (κ3) is 2.48. The summed E-state index contributed by atoms with van der Waals surface area (Å²) in [5.41, 5.74) is 1.85. The van der Waals surface area contributed by atoms with Crippen LogP contribution in [-0.2, 0) is 13.7 Å². The zero-order valence-electron chi connectivity index (χ0n) is 11.9. The Kier molecular flexibility index (Phi) is 3.45. The number of aromatic nitrogens is 6. The van der Waals surface area contributed by atoms with Gasteiger partial charge in [-0.1, -0.05) is 12.1 Å². The zero-order chi connectivity index (χ0) is 15.7. The maximum Gasteiger partial charge on any atom is 0.368 e. The van der Waals surface area contributed by atoms with Gasteiger partial charge in [-0.25, -0.2) is 9.89 Å². The molecule has 3 aromatic rings. The van der Waals surface area contributed by atoms with Crippen molar-refractivity contribution in [3.8, 4) is 11.6 Å². The second kappa shape index (κ2) is 5.43. The predicted molar refractivity (Wildman–Crippen MR) is 74.2 cm³/mol. The molecule has 22 heavy (non-hydrogen) atoms. The number of benzene rings is 1. The van der Waals surface area contributed by atoms with E-state index in [0.717, 1.165) is 21.9 Å². The third-order valence-corrected chi connectivity index (χ3v) is 3.22. The highest BCUT2D eigenvalue weighted by Crippen LogP contribution is 2.19. The minimum absolute atomic E-state index is 0.120. The topological polar surface area (TPSA) is 90.6 Å². The number of nitrogens with one attached hydrogen (secondary N) is 1. The van der Waals surface area contributed by atoms with E-state index in [1.807, 2.05) is 19.1 Å². The lowest BCUT2D eigenvalue weighted by Crippen LogP contribution is -2.23. The van der Waals surface area contributed by atoms with Crippen molar-refractivity contribution in [1.82, 2.24) is 30.0 Å². The Labute approximate surface area is 124 Å². The Morgan fingerprint density at radius 3 is 2.82 bits per heavy atom. The van der Waals surface area contributed by atoms with Crippen molar-refractivity contribution in [1.29, 1.82) is 0 Å². The van der Waals surface area contributed by atoms with Crippen LogP contribution in [0.1, 0.15) is 11.1 Å². The van der Waals surface area contributed by atoms with Gasteiger partial charge in [-0.15, -0.1) is 5.10 Å². The molecule has 0 saturated heterocycles. The van der Waals surface area contributed by atoms with Crippen molar-refractivity contribution >= 4 is 0 Å². The minimum Gasteiger partial charge on any atom is -0.472 e. The molecule has 0 saturated carbocycles. The number of H-pyrrole nitrogens is 1. The van der Waals surface area contributed by atoms with Crippen LogP contribution in [0.25, 0.3) is 5.69 Å². The molecule has 0 spiro atoms. The second-order valence-electron chi connectivity index (χ2n) is 4.71. The first-order valence-electron chi connectivity index (χ1n) is 6.48. The molecule has 0 fully saturated rings. The van der Waals surface area contributed by atoms with Crippen LogP contribution >= 0.6 is 0 Å². The quantitative estimate of drug-likeness (QED) is 0.767. The highest BCUT2D eigenvalue weighted by atomic mass is 19.1. The summed E-state index contributed by atoms with van der Waals surface area (Å²) in [5, 5.41) is 13.3. The number of halogens is 1. The fourth-order valence-corrected chi connectivity index (χ4v) is 2.04. The molecule has 2 aromatic heterocycles. The van der Waals surface area contributed by atoms with E-state index in [0.29, 0.717) is 5.69 Å². The average Bonchev–Trinajstić information content (AvgIpc) is 3.05. The summed E-state index contributed by atoms with van der Waals surface area (Å²) in [7, 11) is 1.52. The van der Waals surface area contributed by atoms with Gasteiger partial charge in [-0.05, 0) is 29.0 Å². The molecule has 0 aliphatic carbocycles. The Morgan fingerprint density at radius 2 is 2.18 bits per heavy atom. The van der Waals surface area contributed by atoms with E-state index in [1.165, 1.54) is 11.7 Å². The molecule has 2 heterocycles. The van der Waals surface area contributed by atoms with Gasteiger partial charge in [0.25, 0.3) is 0 Å². The number of hydrogen-bond acceptors (Lipinski definition) is 5.